The molecule has 33 heavy (non-hydrogen) atoms. The molecule has 9 nitrogen and oxygen atoms in total. The second kappa shape index (κ2) is 9.94. The van der Waals surface area contributed by atoms with Crippen LogP contribution in [0, 0.1) is 9.62 Å². The Bertz CT molecular complexity index is 1180. The molecule has 1 aromatic carbocycles. The number of fused-ring (bicyclic) bond motifs is 1. The van der Waals surface area contributed by atoms with E-state index in [2.05, 4.69) is 44.2 Å². The molecule has 2 aromatic heterocycles. The summed E-state index contributed by atoms with van der Waals surface area (Å²) in [5.41, 5.74) is 7.70. The molecule has 10 heteroatoms. The van der Waals surface area contributed by atoms with Gasteiger partial charge in [0, 0.05) is 30.8 Å². The first kappa shape index (κ1) is 23.3. The number of hydrogen-bond donors (Lipinski definition) is 1. The van der Waals surface area contributed by atoms with Crippen molar-refractivity contribution < 1.29 is 14.3 Å². The predicted octanol–water partition coefficient (Wildman–Crippen LogP) is 3.41. The maximum absolute atomic E-state index is 12.8. The third-order valence-electron chi connectivity index (χ3n) is 6.19. The standard InChI is InChI=1S/C23H27IN6O3/c1-4-19(31)29(12-15-6-8-17(32-2)10-18(15)33-3)16-7-5-14(9-16)11-30-23-20(21(24)28-30)22(25)26-13-27-23/h4,6,8,10,13-14,16H,1,5,7,9,11-12H2,2-3H3,(H2,25,26,27). The second-order valence-corrected chi connectivity index (χ2v) is 9.13. The Morgan fingerprint density at radius 1 is 1.33 bits per heavy atom. The Balaban J connectivity index is 1.52. The average molecular weight is 562 g/mol. The molecule has 1 amide bonds. The third-order valence-corrected chi connectivity index (χ3v) is 6.95. The van der Waals surface area contributed by atoms with E-state index in [1.807, 2.05) is 27.8 Å². The van der Waals surface area contributed by atoms with Gasteiger partial charge in [-0.3, -0.25) is 4.79 Å². The van der Waals surface area contributed by atoms with Crippen LogP contribution in [0.5, 0.6) is 11.5 Å². The molecule has 4 rings (SSSR count). The number of aromatic nitrogens is 4. The lowest BCUT2D eigenvalue weighted by Crippen LogP contribution is -2.37. The minimum absolute atomic E-state index is 0.0851. The number of ether oxygens (including phenoxy) is 2. The molecule has 1 aliphatic rings. The van der Waals surface area contributed by atoms with Crippen molar-refractivity contribution in [3.8, 4) is 11.5 Å². The number of anilines is 1. The predicted molar refractivity (Wildman–Crippen MR) is 134 cm³/mol. The van der Waals surface area contributed by atoms with Crippen LogP contribution in [-0.2, 0) is 17.9 Å². The number of amides is 1. The van der Waals surface area contributed by atoms with Crippen LogP contribution in [0.3, 0.4) is 0 Å². The van der Waals surface area contributed by atoms with E-state index in [1.165, 1.54) is 12.4 Å². The fourth-order valence-electron chi connectivity index (χ4n) is 4.53. The Morgan fingerprint density at radius 3 is 2.88 bits per heavy atom. The van der Waals surface area contributed by atoms with Gasteiger partial charge in [0.2, 0.25) is 5.91 Å². The zero-order valence-electron chi connectivity index (χ0n) is 18.7. The van der Waals surface area contributed by atoms with Crippen LogP contribution in [0.2, 0.25) is 0 Å². The number of carbonyl (C=O) groups is 1. The van der Waals surface area contributed by atoms with Crippen LogP contribution in [0.15, 0.2) is 37.2 Å². The van der Waals surface area contributed by atoms with Gasteiger partial charge in [0.05, 0.1) is 19.6 Å². The number of halogens is 1. The number of nitrogen functional groups attached to an aromatic ring is 1. The number of carbonyl (C=O) groups excluding carboxylic acids is 1. The van der Waals surface area contributed by atoms with E-state index < -0.39 is 0 Å². The first-order chi connectivity index (χ1) is 15.9. The Kier molecular flexibility index (Phi) is 7.01. The van der Waals surface area contributed by atoms with Gasteiger partial charge >= 0.3 is 0 Å². The maximum atomic E-state index is 12.8. The molecule has 0 aliphatic heterocycles. The van der Waals surface area contributed by atoms with E-state index in [0.29, 0.717) is 36.3 Å². The minimum atomic E-state index is -0.0851. The lowest BCUT2D eigenvalue weighted by molar-refractivity contribution is -0.128. The van der Waals surface area contributed by atoms with Gasteiger partial charge in [-0.15, -0.1) is 0 Å². The van der Waals surface area contributed by atoms with E-state index in [4.69, 9.17) is 15.2 Å². The van der Waals surface area contributed by atoms with Crippen LogP contribution in [0.25, 0.3) is 11.0 Å². The molecule has 2 atom stereocenters. The molecule has 2 N–H and O–H groups in total. The quantitative estimate of drug-likeness (QED) is 0.331. The highest BCUT2D eigenvalue weighted by atomic mass is 127. The molecule has 2 unspecified atom stereocenters. The second-order valence-electron chi connectivity index (χ2n) is 8.11. The van der Waals surface area contributed by atoms with Gasteiger partial charge in [-0.05, 0) is 66.0 Å². The highest BCUT2D eigenvalue weighted by Crippen LogP contribution is 2.34. The van der Waals surface area contributed by atoms with E-state index in [0.717, 1.165) is 39.6 Å². The molecule has 3 aromatic rings. The number of nitrogens with zero attached hydrogens (tertiary/aromatic N) is 5. The van der Waals surface area contributed by atoms with Gasteiger partial charge in [0.1, 0.15) is 27.3 Å². The summed E-state index contributed by atoms with van der Waals surface area (Å²) in [6, 6.07) is 5.76. The van der Waals surface area contributed by atoms with Crippen molar-refractivity contribution in [1.82, 2.24) is 24.6 Å². The van der Waals surface area contributed by atoms with E-state index in [9.17, 15) is 4.79 Å². The summed E-state index contributed by atoms with van der Waals surface area (Å²) in [6.45, 7) is 4.88. The summed E-state index contributed by atoms with van der Waals surface area (Å²) in [7, 11) is 3.24. The smallest absolute Gasteiger partial charge is 0.246 e. The first-order valence-electron chi connectivity index (χ1n) is 10.7. The summed E-state index contributed by atoms with van der Waals surface area (Å²) in [6.07, 6.45) is 5.62. The third kappa shape index (κ3) is 4.75. The Hall–Kier alpha value is -2.89. The van der Waals surface area contributed by atoms with Crippen molar-refractivity contribution in [3.63, 3.8) is 0 Å². The SMILES string of the molecule is C=CC(=O)N(Cc1ccc(OC)cc1OC)C1CCC(Cn2nc(I)c3c(N)ncnc32)C1. The molecule has 0 radical (unpaired) electrons. The molecule has 0 saturated heterocycles. The monoisotopic (exact) mass is 562 g/mol. The van der Waals surface area contributed by atoms with Gasteiger partial charge < -0.3 is 20.1 Å². The number of nitrogens with two attached hydrogens (primary N) is 1. The van der Waals surface area contributed by atoms with Crippen molar-refractivity contribution >= 4 is 45.3 Å². The fraction of sp³-hybridized carbons (Fsp3) is 0.391. The van der Waals surface area contributed by atoms with Gasteiger partial charge in [-0.2, -0.15) is 5.10 Å². The molecule has 1 fully saturated rings. The van der Waals surface area contributed by atoms with Crippen molar-refractivity contribution in [2.45, 2.75) is 38.4 Å². The number of hydrogen-bond acceptors (Lipinski definition) is 7. The molecule has 0 spiro atoms. The maximum Gasteiger partial charge on any atom is 0.246 e. The van der Waals surface area contributed by atoms with Crippen molar-refractivity contribution in [2.24, 2.45) is 5.92 Å². The minimum Gasteiger partial charge on any atom is -0.497 e. The number of rotatable bonds is 8. The Morgan fingerprint density at radius 2 is 2.15 bits per heavy atom. The molecular weight excluding hydrogens is 535 g/mol. The molecular formula is C23H27IN6O3. The van der Waals surface area contributed by atoms with Crippen LogP contribution < -0.4 is 15.2 Å². The van der Waals surface area contributed by atoms with Gasteiger partial charge in [0.25, 0.3) is 0 Å². The Labute approximate surface area is 206 Å². The van der Waals surface area contributed by atoms with Gasteiger partial charge in [-0.1, -0.05) is 6.58 Å². The van der Waals surface area contributed by atoms with Gasteiger partial charge in [-0.25, -0.2) is 14.6 Å². The highest BCUT2D eigenvalue weighted by Gasteiger charge is 2.32. The van der Waals surface area contributed by atoms with Crippen LogP contribution >= 0.6 is 22.6 Å². The summed E-state index contributed by atoms with van der Waals surface area (Å²) >= 11 is 2.17. The topological polar surface area (TPSA) is 108 Å². The molecule has 174 valence electrons. The largest absolute Gasteiger partial charge is 0.497 e. The van der Waals surface area contributed by atoms with E-state index >= 15 is 0 Å². The van der Waals surface area contributed by atoms with Crippen molar-refractivity contribution in [2.75, 3.05) is 20.0 Å². The molecule has 0 bridgehead atoms. The number of benzene rings is 1. The highest BCUT2D eigenvalue weighted by molar-refractivity contribution is 14.1. The summed E-state index contributed by atoms with van der Waals surface area (Å²) in [5, 5.41) is 5.43. The fourth-order valence-corrected chi connectivity index (χ4v) is 5.30. The average Bonchev–Trinajstić information content (AvgIpc) is 3.42. The molecule has 1 aliphatic carbocycles. The van der Waals surface area contributed by atoms with E-state index in [1.54, 1.807) is 14.2 Å². The summed E-state index contributed by atoms with van der Waals surface area (Å²) < 4.78 is 13.5. The zero-order valence-corrected chi connectivity index (χ0v) is 20.9. The van der Waals surface area contributed by atoms with Crippen LogP contribution in [0.4, 0.5) is 5.82 Å². The van der Waals surface area contributed by atoms with Crippen LogP contribution in [-0.4, -0.2) is 50.8 Å². The van der Waals surface area contributed by atoms with Crippen molar-refractivity contribution in [3.05, 3.63) is 46.4 Å². The summed E-state index contributed by atoms with van der Waals surface area (Å²) in [4.78, 5) is 23.2. The lowest BCUT2D eigenvalue weighted by atomic mass is 10.1. The molecule has 1 saturated carbocycles. The van der Waals surface area contributed by atoms with Crippen LogP contribution in [0.1, 0.15) is 24.8 Å². The first-order valence-corrected chi connectivity index (χ1v) is 11.8. The van der Waals surface area contributed by atoms with E-state index in [-0.39, 0.29) is 11.9 Å². The summed E-state index contributed by atoms with van der Waals surface area (Å²) in [5.74, 6) is 2.13. The molecule has 2 heterocycles. The van der Waals surface area contributed by atoms with Gasteiger partial charge in [0.15, 0.2) is 5.65 Å². The normalized spacial score (nSPS) is 17.8. The zero-order chi connectivity index (χ0) is 23.5. The lowest BCUT2D eigenvalue weighted by Gasteiger charge is -2.29. The van der Waals surface area contributed by atoms with Crippen molar-refractivity contribution in [1.29, 1.82) is 0 Å². The number of methoxy groups -OCH3 is 2.